The monoisotopic (exact) mass is 278 g/mol. The van der Waals surface area contributed by atoms with Gasteiger partial charge in [-0.05, 0) is 18.2 Å². The van der Waals surface area contributed by atoms with Gasteiger partial charge in [0.25, 0.3) is 5.91 Å². The Bertz CT molecular complexity index is 386. The summed E-state index contributed by atoms with van der Waals surface area (Å²) < 4.78 is 4.90. The van der Waals surface area contributed by atoms with Crippen LogP contribution in [0.1, 0.15) is 10.4 Å². The van der Waals surface area contributed by atoms with E-state index >= 15 is 0 Å². The summed E-state index contributed by atoms with van der Waals surface area (Å²) in [5.74, 6) is -0.137. The van der Waals surface area contributed by atoms with Crippen molar-refractivity contribution in [2.45, 2.75) is 0 Å². The molecule has 4 nitrogen and oxygen atoms in total. The lowest BCUT2D eigenvalue weighted by Gasteiger charge is -2.17. The topological polar surface area (TPSA) is 55.6 Å². The molecule has 1 amide bonds. The average Bonchev–Trinajstić information content (AvgIpc) is 2.25. The molecule has 0 unspecified atom stereocenters. The Labute approximate surface area is 112 Å². The standard InChI is InChI=1S/C11H15ClN2O2.ClH/c1-14(5-6-16-2)11(15)9-4-3-8(13)7-10(9)12;/h3-4,7H,5-6,13H2,1-2H3;1H. The summed E-state index contributed by atoms with van der Waals surface area (Å²) in [6.45, 7) is 1.02. The first-order valence-electron chi connectivity index (χ1n) is 4.85. The number of benzene rings is 1. The van der Waals surface area contributed by atoms with E-state index in [1.54, 1.807) is 37.3 Å². The van der Waals surface area contributed by atoms with Gasteiger partial charge in [0.2, 0.25) is 0 Å². The van der Waals surface area contributed by atoms with Crippen molar-refractivity contribution in [3.8, 4) is 0 Å². The Hall–Kier alpha value is -0.970. The van der Waals surface area contributed by atoms with Gasteiger partial charge in [0.15, 0.2) is 0 Å². The lowest BCUT2D eigenvalue weighted by molar-refractivity contribution is 0.0744. The predicted octanol–water partition coefficient (Wildman–Crippen LogP) is 2.06. The van der Waals surface area contributed by atoms with E-state index in [0.717, 1.165) is 0 Å². The zero-order chi connectivity index (χ0) is 12.1. The van der Waals surface area contributed by atoms with Crippen LogP contribution in [-0.4, -0.2) is 38.1 Å². The molecule has 0 aliphatic heterocycles. The fourth-order valence-electron chi connectivity index (χ4n) is 1.24. The summed E-state index contributed by atoms with van der Waals surface area (Å²) in [6, 6.07) is 4.85. The molecule has 0 atom stereocenters. The molecule has 0 saturated heterocycles. The van der Waals surface area contributed by atoms with Gasteiger partial charge < -0.3 is 15.4 Å². The Kier molecular flexibility index (Phi) is 6.95. The third-order valence-electron chi connectivity index (χ3n) is 2.20. The molecule has 0 spiro atoms. The van der Waals surface area contributed by atoms with Crippen LogP contribution in [0.4, 0.5) is 5.69 Å². The van der Waals surface area contributed by atoms with Crippen LogP contribution in [0.25, 0.3) is 0 Å². The third kappa shape index (κ3) is 4.42. The van der Waals surface area contributed by atoms with Crippen LogP contribution in [0, 0.1) is 0 Å². The van der Waals surface area contributed by atoms with Gasteiger partial charge in [-0.1, -0.05) is 11.6 Å². The maximum absolute atomic E-state index is 11.9. The van der Waals surface area contributed by atoms with Crippen LogP contribution in [-0.2, 0) is 4.74 Å². The van der Waals surface area contributed by atoms with Gasteiger partial charge in [-0.25, -0.2) is 0 Å². The number of likely N-dealkylation sites (N-methyl/N-ethyl adjacent to an activating group) is 1. The second kappa shape index (κ2) is 7.37. The highest BCUT2D eigenvalue weighted by Gasteiger charge is 2.14. The van der Waals surface area contributed by atoms with Crippen molar-refractivity contribution in [3.63, 3.8) is 0 Å². The molecule has 0 radical (unpaired) electrons. The number of halogens is 2. The molecule has 6 heteroatoms. The molecule has 0 heterocycles. The zero-order valence-corrected chi connectivity index (χ0v) is 11.3. The van der Waals surface area contributed by atoms with Gasteiger partial charge in [-0.2, -0.15) is 0 Å². The van der Waals surface area contributed by atoms with Crippen molar-refractivity contribution < 1.29 is 9.53 Å². The van der Waals surface area contributed by atoms with Crippen molar-refractivity contribution in [1.29, 1.82) is 0 Å². The number of amides is 1. The smallest absolute Gasteiger partial charge is 0.255 e. The molecule has 1 aromatic rings. The number of hydrogen-bond acceptors (Lipinski definition) is 3. The molecule has 1 rings (SSSR count). The number of nitrogens with zero attached hydrogens (tertiary/aromatic N) is 1. The minimum absolute atomic E-state index is 0. The third-order valence-corrected chi connectivity index (χ3v) is 2.51. The van der Waals surface area contributed by atoms with Crippen LogP contribution >= 0.6 is 24.0 Å². The largest absolute Gasteiger partial charge is 0.399 e. The number of carbonyl (C=O) groups excluding carboxylic acids is 1. The van der Waals surface area contributed by atoms with E-state index < -0.39 is 0 Å². The Morgan fingerprint density at radius 1 is 1.53 bits per heavy atom. The first-order valence-corrected chi connectivity index (χ1v) is 5.23. The first-order chi connectivity index (χ1) is 7.56. The lowest BCUT2D eigenvalue weighted by Crippen LogP contribution is -2.30. The molecule has 17 heavy (non-hydrogen) atoms. The van der Waals surface area contributed by atoms with Crippen molar-refractivity contribution >= 4 is 35.6 Å². The predicted molar refractivity (Wildman–Crippen MR) is 71.9 cm³/mol. The SMILES string of the molecule is COCCN(C)C(=O)c1ccc(N)cc1Cl.Cl. The highest BCUT2D eigenvalue weighted by molar-refractivity contribution is 6.34. The van der Waals surface area contributed by atoms with Crippen molar-refractivity contribution in [2.24, 2.45) is 0 Å². The molecule has 0 aromatic heterocycles. The zero-order valence-electron chi connectivity index (χ0n) is 9.77. The Morgan fingerprint density at radius 3 is 2.71 bits per heavy atom. The van der Waals surface area contributed by atoms with E-state index in [0.29, 0.717) is 29.4 Å². The van der Waals surface area contributed by atoms with Crippen LogP contribution in [0.2, 0.25) is 5.02 Å². The van der Waals surface area contributed by atoms with Gasteiger partial charge in [0.05, 0.1) is 17.2 Å². The van der Waals surface area contributed by atoms with Crippen molar-refractivity contribution in [3.05, 3.63) is 28.8 Å². The number of nitrogens with two attached hydrogens (primary N) is 1. The number of carbonyl (C=O) groups is 1. The van der Waals surface area contributed by atoms with Gasteiger partial charge in [0, 0.05) is 26.4 Å². The van der Waals surface area contributed by atoms with E-state index in [9.17, 15) is 4.79 Å². The number of anilines is 1. The number of methoxy groups -OCH3 is 1. The minimum atomic E-state index is -0.137. The average molecular weight is 279 g/mol. The molecule has 0 saturated carbocycles. The minimum Gasteiger partial charge on any atom is -0.399 e. The normalized spacial score (nSPS) is 9.59. The first kappa shape index (κ1) is 16.0. The molecular formula is C11H16Cl2N2O2. The van der Waals surface area contributed by atoms with Crippen molar-refractivity contribution in [1.82, 2.24) is 4.90 Å². The fourth-order valence-corrected chi connectivity index (χ4v) is 1.51. The summed E-state index contributed by atoms with van der Waals surface area (Å²) in [6.07, 6.45) is 0. The van der Waals surface area contributed by atoms with Crippen LogP contribution in [0.5, 0.6) is 0 Å². The molecule has 2 N–H and O–H groups in total. The number of nitrogen functional groups attached to an aromatic ring is 1. The van der Waals surface area contributed by atoms with E-state index in [-0.39, 0.29) is 18.3 Å². The Balaban J connectivity index is 0.00000256. The van der Waals surface area contributed by atoms with Gasteiger partial charge in [-0.3, -0.25) is 4.79 Å². The summed E-state index contributed by atoms with van der Waals surface area (Å²) in [4.78, 5) is 13.5. The quantitative estimate of drug-likeness (QED) is 0.858. The fraction of sp³-hybridized carbons (Fsp3) is 0.364. The second-order valence-electron chi connectivity index (χ2n) is 3.46. The van der Waals surface area contributed by atoms with Crippen LogP contribution in [0.3, 0.4) is 0 Å². The van der Waals surface area contributed by atoms with E-state index in [4.69, 9.17) is 22.1 Å². The summed E-state index contributed by atoms with van der Waals surface area (Å²) >= 11 is 5.94. The highest BCUT2D eigenvalue weighted by atomic mass is 35.5. The van der Waals surface area contributed by atoms with Crippen molar-refractivity contribution in [2.75, 3.05) is 33.0 Å². The molecule has 0 aliphatic rings. The van der Waals surface area contributed by atoms with Gasteiger partial charge >= 0.3 is 0 Å². The van der Waals surface area contributed by atoms with Gasteiger partial charge in [-0.15, -0.1) is 12.4 Å². The van der Waals surface area contributed by atoms with Crippen LogP contribution < -0.4 is 5.73 Å². The van der Waals surface area contributed by atoms with Gasteiger partial charge in [0.1, 0.15) is 0 Å². The molecular weight excluding hydrogens is 263 g/mol. The molecule has 0 aliphatic carbocycles. The summed E-state index contributed by atoms with van der Waals surface area (Å²) in [7, 11) is 3.29. The number of hydrogen-bond donors (Lipinski definition) is 1. The maximum atomic E-state index is 11.9. The van der Waals surface area contributed by atoms with E-state index in [1.807, 2.05) is 0 Å². The molecule has 0 bridgehead atoms. The molecule has 96 valence electrons. The molecule has 0 fully saturated rings. The number of ether oxygens (including phenoxy) is 1. The summed E-state index contributed by atoms with van der Waals surface area (Å²) in [5.41, 5.74) is 6.55. The number of rotatable bonds is 4. The lowest BCUT2D eigenvalue weighted by atomic mass is 10.2. The summed E-state index contributed by atoms with van der Waals surface area (Å²) in [5, 5.41) is 0.370. The van der Waals surface area contributed by atoms with E-state index in [2.05, 4.69) is 0 Å². The Morgan fingerprint density at radius 2 is 2.18 bits per heavy atom. The highest BCUT2D eigenvalue weighted by Crippen LogP contribution is 2.20. The van der Waals surface area contributed by atoms with Crippen LogP contribution in [0.15, 0.2) is 18.2 Å². The van der Waals surface area contributed by atoms with E-state index in [1.165, 1.54) is 0 Å². The molecule has 1 aromatic carbocycles. The second-order valence-corrected chi connectivity index (χ2v) is 3.87. The maximum Gasteiger partial charge on any atom is 0.255 e.